The van der Waals surface area contributed by atoms with Crippen LogP contribution in [0, 0.1) is 5.92 Å². The minimum absolute atomic E-state index is 0.120. The number of ketones is 1. The Balaban J connectivity index is 2.12. The van der Waals surface area contributed by atoms with Crippen LogP contribution in [0.1, 0.15) is 5.56 Å². The Morgan fingerprint density at radius 1 is 1.29 bits per heavy atom. The molecule has 0 saturated carbocycles. The summed E-state index contributed by atoms with van der Waals surface area (Å²) in [5.74, 6) is -4.04. The van der Waals surface area contributed by atoms with Crippen LogP contribution in [0.2, 0.25) is 0 Å². The molecule has 0 aromatic heterocycles. The summed E-state index contributed by atoms with van der Waals surface area (Å²) in [5, 5.41) is 8.77. The highest BCUT2D eigenvalue weighted by atomic mass is 16.4. The van der Waals surface area contributed by atoms with E-state index in [-0.39, 0.29) is 13.1 Å². The van der Waals surface area contributed by atoms with Gasteiger partial charge in [-0.25, -0.2) is 0 Å². The summed E-state index contributed by atoms with van der Waals surface area (Å²) in [6.07, 6.45) is 0. The first-order valence-electron chi connectivity index (χ1n) is 5.18. The van der Waals surface area contributed by atoms with E-state index in [1.807, 2.05) is 30.3 Å². The first kappa shape index (κ1) is 11.3. The molecule has 2 rings (SSSR count). The van der Waals surface area contributed by atoms with Gasteiger partial charge in [0.05, 0.1) is 6.54 Å². The van der Waals surface area contributed by atoms with Crippen molar-refractivity contribution in [3.63, 3.8) is 0 Å². The maximum absolute atomic E-state index is 11.7. The van der Waals surface area contributed by atoms with Gasteiger partial charge in [0.25, 0.3) is 0 Å². The van der Waals surface area contributed by atoms with Crippen molar-refractivity contribution in [2.75, 3.05) is 6.54 Å². The molecule has 1 aliphatic heterocycles. The van der Waals surface area contributed by atoms with Crippen LogP contribution in [0.5, 0.6) is 0 Å². The number of rotatable bonds is 3. The summed E-state index contributed by atoms with van der Waals surface area (Å²) in [4.78, 5) is 35.1. The second-order valence-electron chi connectivity index (χ2n) is 3.92. The molecule has 1 atom stereocenters. The van der Waals surface area contributed by atoms with Crippen molar-refractivity contribution in [2.24, 2.45) is 5.92 Å². The van der Waals surface area contributed by atoms with Crippen molar-refractivity contribution in [1.29, 1.82) is 0 Å². The summed E-state index contributed by atoms with van der Waals surface area (Å²) in [6, 6.07) is 9.15. The molecule has 1 aromatic rings. The summed E-state index contributed by atoms with van der Waals surface area (Å²) >= 11 is 0. The standard InChI is InChI=1S/C12H11NO4/c14-9-7-13(11(15)10(9)12(16)17)6-8-4-2-1-3-5-8/h1-5,10H,6-7H2,(H,16,17). The monoisotopic (exact) mass is 233 g/mol. The molecule has 17 heavy (non-hydrogen) atoms. The van der Waals surface area contributed by atoms with Gasteiger partial charge in [-0.15, -0.1) is 0 Å². The van der Waals surface area contributed by atoms with Crippen LogP contribution < -0.4 is 0 Å². The number of likely N-dealkylation sites (tertiary alicyclic amines) is 1. The predicted octanol–water partition coefficient (Wildman–Crippen LogP) is 0.299. The molecule has 1 saturated heterocycles. The molecule has 1 amide bonds. The van der Waals surface area contributed by atoms with Crippen LogP contribution in [0.15, 0.2) is 30.3 Å². The van der Waals surface area contributed by atoms with Gasteiger partial charge in [0, 0.05) is 6.54 Å². The number of aliphatic carboxylic acids is 1. The topological polar surface area (TPSA) is 74.7 Å². The van der Waals surface area contributed by atoms with Crippen molar-refractivity contribution in [2.45, 2.75) is 6.54 Å². The Morgan fingerprint density at radius 3 is 2.47 bits per heavy atom. The van der Waals surface area contributed by atoms with E-state index < -0.39 is 23.6 Å². The molecular formula is C12H11NO4. The molecule has 5 heteroatoms. The highest BCUT2D eigenvalue weighted by Gasteiger charge is 2.43. The number of nitrogens with zero attached hydrogens (tertiary/aromatic N) is 1. The fraction of sp³-hybridized carbons (Fsp3) is 0.250. The molecule has 1 heterocycles. The first-order valence-corrected chi connectivity index (χ1v) is 5.18. The summed E-state index contributed by atoms with van der Waals surface area (Å²) < 4.78 is 0. The van der Waals surface area contributed by atoms with Crippen LogP contribution in [0.4, 0.5) is 0 Å². The number of carboxylic acid groups (broad SMARTS) is 1. The van der Waals surface area contributed by atoms with Crippen molar-refractivity contribution in [3.05, 3.63) is 35.9 Å². The quantitative estimate of drug-likeness (QED) is 0.762. The Labute approximate surface area is 97.7 Å². The van der Waals surface area contributed by atoms with Gasteiger partial charge < -0.3 is 10.0 Å². The molecule has 1 aromatic carbocycles. The molecule has 88 valence electrons. The first-order chi connectivity index (χ1) is 8.09. The lowest BCUT2D eigenvalue weighted by Gasteiger charge is -2.14. The third-order valence-corrected chi connectivity index (χ3v) is 2.69. The zero-order valence-corrected chi connectivity index (χ0v) is 9.00. The van der Waals surface area contributed by atoms with Crippen LogP contribution in [-0.4, -0.2) is 34.2 Å². The van der Waals surface area contributed by atoms with E-state index in [0.717, 1.165) is 5.56 Å². The normalized spacial score (nSPS) is 19.8. The lowest BCUT2D eigenvalue weighted by atomic mass is 10.1. The molecule has 5 nitrogen and oxygen atoms in total. The van der Waals surface area contributed by atoms with E-state index in [2.05, 4.69) is 0 Å². The second-order valence-corrected chi connectivity index (χ2v) is 3.92. The summed E-state index contributed by atoms with van der Waals surface area (Å²) in [5.41, 5.74) is 0.875. The maximum atomic E-state index is 11.7. The molecule has 0 bridgehead atoms. The molecule has 0 radical (unpaired) electrons. The molecule has 1 fully saturated rings. The Morgan fingerprint density at radius 2 is 1.94 bits per heavy atom. The van der Waals surface area contributed by atoms with Crippen LogP contribution in [-0.2, 0) is 20.9 Å². The van der Waals surface area contributed by atoms with E-state index in [9.17, 15) is 14.4 Å². The van der Waals surface area contributed by atoms with E-state index in [0.29, 0.717) is 0 Å². The molecule has 1 N–H and O–H groups in total. The SMILES string of the molecule is O=C(O)C1C(=O)CN(Cc2ccccc2)C1=O. The Hall–Kier alpha value is -2.17. The average molecular weight is 233 g/mol. The number of carboxylic acids is 1. The minimum atomic E-state index is -1.52. The second kappa shape index (κ2) is 4.37. The highest BCUT2D eigenvalue weighted by molar-refractivity contribution is 6.20. The van der Waals surface area contributed by atoms with Crippen molar-refractivity contribution < 1.29 is 19.5 Å². The lowest BCUT2D eigenvalue weighted by molar-refractivity contribution is -0.149. The van der Waals surface area contributed by atoms with Crippen molar-refractivity contribution in [1.82, 2.24) is 4.90 Å². The third kappa shape index (κ3) is 2.18. The fourth-order valence-corrected chi connectivity index (χ4v) is 1.86. The third-order valence-electron chi connectivity index (χ3n) is 2.69. The zero-order chi connectivity index (χ0) is 12.4. The number of Topliss-reactive ketones (excluding diaryl/α,β-unsaturated/α-hetero) is 1. The molecule has 0 spiro atoms. The Bertz CT molecular complexity index is 469. The van der Waals surface area contributed by atoms with E-state index in [4.69, 9.17) is 5.11 Å². The number of amides is 1. The number of carbonyl (C=O) groups is 3. The average Bonchev–Trinajstić information content (AvgIpc) is 2.55. The highest BCUT2D eigenvalue weighted by Crippen LogP contribution is 2.17. The van der Waals surface area contributed by atoms with E-state index in [1.54, 1.807) is 0 Å². The van der Waals surface area contributed by atoms with Gasteiger partial charge in [-0.05, 0) is 5.56 Å². The predicted molar refractivity (Wildman–Crippen MR) is 58.0 cm³/mol. The zero-order valence-electron chi connectivity index (χ0n) is 9.00. The minimum Gasteiger partial charge on any atom is -0.480 e. The number of benzene rings is 1. The van der Waals surface area contributed by atoms with Gasteiger partial charge in [0.1, 0.15) is 0 Å². The van der Waals surface area contributed by atoms with E-state index in [1.165, 1.54) is 4.90 Å². The van der Waals surface area contributed by atoms with Gasteiger partial charge in [-0.2, -0.15) is 0 Å². The molecule has 0 aliphatic carbocycles. The number of hydrogen-bond donors (Lipinski definition) is 1. The number of hydrogen-bond acceptors (Lipinski definition) is 3. The van der Waals surface area contributed by atoms with Crippen LogP contribution in [0.25, 0.3) is 0 Å². The Kier molecular flexibility index (Phi) is 2.91. The van der Waals surface area contributed by atoms with Crippen LogP contribution in [0.3, 0.4) is 0 Å². The molecule has 1 unspecified atom stereocenters. The van der Waals surface area contributed by atoms with Gasteiger partial charge in [-0.1, -0.05) is 30.3 Å². The number of carbonyl (C=O) groups excluding carboxylic acids is 2. The maximum Gasteiger partial charge on any atom is 0.323 e. The van der Waals surface area contributed by atoms with Gasteiger partial charge in [0.2, 0.25) is 5.91 Å². The lowest BCUT2D eigenvalue weighted by Crippen LogP contribution is -2.30. The van der Waals surface area contributed by atoms with Gasteiger partial charge in [-0.3, -0.25) is 14.4 Å². The van der Waals surface area contributed by atoms with Gasteiger partial charge in [0.15, 0.2) is 11.7 Å². The summed E-state index contributed by atoms with van der Waals surface area (Å²) in [7, 11) is 0. The molecular weight excluding hydrogens is 222 g/mol. The molecule has 1 aliphatic rings. The van der Waals surface area contributed by atoms with Crippen molar-refractivity contribution in [3.8, 4) is 0 Å². The fourth-order valence-electron chi connectivity index (χ4n) is 1.86. The smallest absolute Gasteiger partial charge is 0.323 e. The van der Waals surface area contributed by atoms with Crippen molar-refractivity contribution >= 4 is 17.7 Å². The van der Waals surface area contributed by atoms with Crippen LogP contribution >= 0.6 is 0 Å². The van der Waals surface area contributed by atoms with Gasteiger partial charge >= 0.3 is 5.97 Å². The van der Waals surface area contributed by atoms with E-state index >= 15 is 0 Å². The largest absolute Gasteiger partial charge is 0.480 e. The summed E-state index contributed by atoms with van der Waals surface area (Å²) in [6.45, 7) is 0.153.